The van der Waals surface area contributed by atoms with Crippen LogP contribution < -0.4 is 20.1 Å². The summed E-state index contributed by atoms with van der Waals surface area (Å²) in [5, 5.41) is 17.6. The zero-order valence-electron chi connectivity index (χ0n) is 26.2. The molecule has 0 aliphatic heterocycles. The van der Waals surface area contributed by atoms with Crippen LogP contribution in [0.2, 0.25) is 0 Å². The van der Waals surface area contributed by atoms with Crippen LogP contribution in [-0.2, 0) is 14.4 Å². The molecule has 3 N–H and O–H groups in total. The maximum absolute atomic E-state index is 14.1. The first-order valence-electron chi connectivity index (χ1n) is 14.6. The summed E-state index contributed by atoms with van der Waals surface area (Å²) >= 11 is 0. The van der Waals surface area contributed by atoms with Crippen molar-refractivity contribution >= 4 is 29.0 Å². The molecule has 0 spiro atoms. The number of benzene rings is 3. The van der Waals surface area contributed by atoms with E-state index in [2.05, 4.69) is 10.6 Å². The van der Waals surface area contributed by atoms with Crippen molar-refractivity contribution in [1.29, 1.82) is 0 Å². The molecule has 3 aromatic carbocycles. The number of hydrogen-bond donors (Lipinski definition) is 3. The van der Waals surface area contributed by atoms with Gasteiger partial charge in [0.25, 0.3) is 0 Å². The van der Waals surface area contributed by atoms with Crippen LogP contribution in [0, 0.1) is 39.5 Å². The number of carbonyl (C=O) groups excluding carboxylic acids is 3. The van der Waals surface area contributed by atoms with E-state index in [0.717, 1.165) is 22.3 Å². The van der Waals surface area contributed by atoms with Crippen LogP contribution in [0.4, 0.5) is 11.4 Å². The quantitative estimate of drug-likeness (QED) is 0.278. The number of amides is 2. The Morgan fingerprint density at radius 3 is 1.93 bits per heavy atom. The first kappa shape index (κ1) is 31.8. The van der Waals surface area contributed by atoms with Crippen LogP contribution in [0.3, 0.4) is 0 Å². The molecular weight excluding hydrogens is 544 g/mol. The number of ether oxygens (including phenoxy) is 2. The number of aryl methyl sites for hydroxylation is 4. The Kier molecular flexibility index (Phi) is 9.30. The van der Waals surface area contributed by atoms with E-state index in [1.54, 1.807) is 24.3 Å². The fraction of sp³-hybridized carbons (Fsp3) is 0.400. The summed E-state index contributed by atoms with van der Waals surface area (Å²) in [5.41, 5.74) is 3.73. The topological polar surface area (TPSA) is 114 Å². The van der Waals surface area contributed by atoms with Crippen molar-refractivity contribution in [2.24, 2.45) is 11.8 Å². The average Bonchev–Trinajstić information content (AvgIpc) is 2.90. The number of nitrogens with one attached hydrogen (secondary N) is 2. The van der Waals surface area contributed by atoms with E-state index in [-0.39, 0.29) is 12.5 Å². The summed E-state index contributed by atoms with van der Waals surface area (Å²) < 4.78 is 11.5. The van der Waals surface area contributed by atoms with Crippen molar-refractivity contribution < 1.29 is 29.0 Å². The summed E-state index contributed by atoms with van der Waals surface area (Å²) in [6, 6.07) is 16.4. The van der Waals surface area contributed by atoms with Crippen LogP contribution in [0.5, 0.6) is 11.5 Å². The van der Waals surface area contributed by atoms with Gasteiger partial charge in [0.2, 0.25) is 11.8 Å². The molecule has 4 rings (SSSR count). The third-order valence-electron chi connectivity index (χ3n) is 8.05. The lowest BCUT2D eigenvalue weighted by molar-refractivity contribution is -0.150. The third kappa shape index (κ3) is 6.91. The van der Waals surface area contributed by atoms with Crippen molar-refractivity contribution in [2.45, 2.75) is 72.5 Å². The molecule has 3 aromatic rings. The molecule has 2 amide bonds. The molecule has 8 heteroatoms. The highest BCUT2D eigenvalue weighted by atomic mass is 16.5. The van der Waals surface area contributed by atoms with Gasteiger partial charge in [0.1, 0.15) is 11.7 Å². The maximum Gasteiger partial charge on any atom is 0.235 e. The maximum atomic E-state index is 14.1. The standard InChI is InChI=1S/C35H42N2O6/c1-19(2)43-28-14-11-24(17-29(28)42-8)30-31(33(39)36-25-12-9-20(3)15-22(25)5)27(38)18-35(7,41)32(30)34(40)37-26-13-10-21(4)16-23(26)6/h9-17,19,30-32,41H,18H2,1-8H3,(H,36,39)(H,37,40). The Bertz CT molecular complexity index is 1540. The molecule has 1 fully saturated rings. The van der Waals surface area contributed by atoms with Crippen molar-refractivity contribution in [2.75, 3.05) is 17.7 Å². The van der Waals surface area contributed by atoms with E-state index in [1.807, 2.05) is 71.9 Å². The largest absolute Gasteiger partial charge is 0.493 e. The fourth-order valence-corrected chi connectivity index (χ4v) is 6.06. The van der Waals surface area contributed by atoms with E-state index in [0.29, 0.717) is 28.4 Å². The SMILES string of the molecule is COc1cc(C2C(C(=O)Nc3ccc(C)cc3C)C(=O)CC(C)(O)C2C(=O)Nc2ccc(C)cc2C)ccc1OC(C)C. The molecular formula is C35H42N2O6. The van der Waals surface area contributed by atoms with Crippen LogP contribution >= 0.6 is 0 Å². The molecule has 1 aliphatic rings. The Morgan fingerprint density at radius 1 is 0.860 bits per heavy atom. The first-order valence-corrected chi connectivity index (χ1v) is 14.6. The van der Waals surface area contributed by atoms with Gasteiger partial charge in [-0.05, 0) is 89.4 Å². The molecule has 1 aliphatic carbocycles. The van der Waals surface area contributed by atoms with Gasteiger partial charge in [0, 0.05) is 23.7 Å². The van der Waals surface area contributed by atoms with Crippen molar-refractivity contribution in [3.8, 4) is 11.5 Å². The number of rotatable bonds is 8. The van der Waals surface area contributed by atoms with Gasteiger partial charge in [-0.1, -0.05) is 41.5 Å². The molecule has 0 saturated heterocycles. The smallest absolute Gasteiger partial charge is 0.235 e. The predicted octanol–water partition coefficient (Wildman–Crippen LogP) is 6.03. The average molecular weight is 587 g/mol. The molecule has 8 nitrogen and oxygen atoms in total. The Balaban J connectivity index is 1.84. The lowest BCUT2D eigenvalue weighted by atomic mass is 9.61. The normalized spacial score (nSPS) is 21.8. The van der Waals surface area contributed by atoms with Crippen molar-refractivity contribution in [3.05, 3.63) is 82.4 Å². The van der Waals surface area contributed by atoms with Crippen molar-refractivity contribution in [3.63, 3.8) is 0 Å². The zero-order chi connectivity index (χ0) is 31.6. The second-order valence-corrected chi connectivity index (χ2v) is 12.2. The first-order chi connectivity index (χ1) is 20.2. The van der Waals surface area contributed by atoms with Crippen LogP contribution in [-0.4, -0.2) is 41.5 Å². The highest BCUT2D eigenvalue weighted by molar-refractivity contribution is 6.10. The minimum absolute atomic E-state index is 0.121. The van der Waals surface area contributed by atoms with Gasteiger partial charge in [-0.2, -0.15) is 0 Å². The highest BCUT2D eigenvalue weighted by Crippen LogP contribution is 2.48. The molecule has 43 heavy (non-hydrogen) atoms. The van der Waals surface area contributed by atoms with E-state index < -0.39 is 41.0 Å². The van der Waals surface area contributed by atoms with Crippen LogP contribution in [0.15, 0.2) is 54.6 Å². The van der Waals surface area contributed by atoms with E-state index in [1.165, 1.54) is 14.0 Å². The van der Waals surface area contributed by atoms with Gasteiger partial charge in [0.05, 0.1) is 24.7 Å². The predicted molar refractivity (Wildman–Crippen MR) is 168 cm³/mol. The lowest BCUT2D eigenvalue weighted by Gasteiger charge is -2.44. The number of hydrogen-bond acceptors (Lipinski definition) is 6. The van der Waals surface area contributed by atoms with Gasteiger partial charge < -0.3 is 25.2 Å². The number of aliphatic hydroxyl groups is 1. The number of methoxy groups -OCH3 is 1. The second kappa shape index (κ2) is 12.6. The molecule has 0 bridgehead atoms. The molecule has 0 radical (unpaired) electrons. The number of anilines is 2. The van der Waals surface area contributed by atoms with E-state index in [4.69, 9.17) is 9.47 Å². The highest BCUT2D eigenvalue weighted by Gasteiger charge is 2.56. The van der Waals surface area contributed by atoms with Gasteiger partial charge >= 0.3 is 0 Å². The minimum atomic E-state index is -1.73. The minimum Gasteiger partial charge on any atom is -0.493 e. The summed E-state index contributed by atoms with van der Waals surface area (Å²) in [7, 11) is 1.50. The summed E-state index contributed by atoms with van der Waals surface area (Å²) in [5.74, 6) is -4.00. The molecule has 228 valence electrons. The Morgan fingerprint density at radius 2 is 1.42 bits per heavy atom. The molecule has 1 saturated carbocycles. The monoisotopic (exact) mass is 586 g/mol. The molecule has 0 heterocycles. The molecule has 4 atom stereocenters. The third-order valence-corrected chi connectivity index (χ3v) is 8.05. The van der Waals surface area contributed by atoms with Gasteiger partial charge in [-0.15, -0.1) is 0 Å². The molecule has 4 unspecified atom stereocenters. The van der Waals surface area contributed by atoms with Crippen LogP contribution in [0.25, 0.3) is 0 Å². The summed E-state index contributed by atoms with van der Waals surface area (Å²) in [6.07, 6.45) is -0.477. The second-order valence-electron chi connectivity index (χ2n) is 12.2. The fourth-order valence-electron chi connectivity index (χ4n) is 6.06. The number of carbonyl (C=O) groups is 3. The van der Waals surface area contributed by atoms with Crippen LogP contribution in [0.1, 0.15) is 60.9 Å². The number of ketones is 1. The lowest BCUT2D eigenvalue weighted by Crippen LogP contribution is -2.56. The Labute approximate surface area is 253 Å². The van der Waals surface area contributed by atoms with E-state index >= 15 is 0 Å². The number of Topliss-reactive ketones (excluding diaryl/α,β-unsaturated/α-hetero) is 1. The van der Waals surface area contributed by atoms with E-state index in [9.17, 15) is 19.5 Å². The Hall–Kier alpha value is -4.17. The zero-order valence-corrected chi connectivity index (χ0v) is 26.2. The summed E-state index contributed by atoms with van der Waals surface area (Å²) in [4.78, 5) is 41.9. The molecule has 0 aromatic heterocycles. The van der Waals surface area contributed by atoms with Gasteiger partial charge in [-0.25, -0.2) is 0 Å². The van der Waals surface area contributed by atoms with Crippen molar-refractivity contribution in [1.82, 2.24) is 0 Å². The summed E-state index contributed by atoms with van der Waals surface area (Å²) in [6.45, 7) is 13.0. The van der Waals surface area contributed by atoms with Gasteiger partial charge in [-0.3, -0.25) is 14.4 Å². The van der Waals surface area contributed by atoms with Gasteiger partial charge in [0.15, 0.2) is 11.5 Å².